The molecule has 0 amide bonds. The molecule has 0 fully saturated rings. The van der Waals surface area contributed by atoms with Crippen LogP contribution in [0.1, 0.15) is 18.7 Å². The zero-order valence-corrected chi connectivity index (χ0v) is 8.58. The lowest BCUT2D eigenvalue weighted by Gasteiger charge is -2.17. The topological polar surface area (TPSA) is 65.1 Å². The average molecular weight is 220 g/mol. The van der Waals surface area contributed by atoms with Gasteiger partial charge in [-0.25, -0.2) is 14.2 Å². The zero-order valence-electron chi connectivity index (χ0n) is 8.58. The maximum Gasteiger partial charge on any atom is 0.260 e. The number of hydrazine groups is 1. The SMILES string of the molecule is CCn1ncc(OC)c1C(NN)C(F)F. The number of halogens is 2. The molecule has 0 aliphatic carbocycles. The van der Waals surface area contributed by atoms with Crippen molar-refractivity contribution in [3.8, 4) is 5.75 Å². The summed E-state index contributed by atoms with van der Waals surface area (Å²) < 4.78 is 31.7. The van der Waals surface area contributed by atoms with E-state index in [0.29, 0.717) is 12.3 Å². The minimum atomic E-state index is -2.62. The molecule has 1 rings (SSSR count). The van der Waals surface area contributed by atoms with E-state index in [1.54, 1.807) is 6.92 Å². The van der Waals surface area contributed by atoms with Gasteiger partial charge in [-0.3, -0.25) is 10.5 Å². The third-order valence-corrected chi connectivity index (χ3v) is 2.09. The molecular weight excluding hydrogens is 206 g/mol. The highest BCUT2D eigenvalue weighted by Gasteiger charge is 2.28. The Hall–Kier alpha value is -1.21. The van der Waals surface area contributed by atoms with Crippen LogP contribution >= 0.6 is 0 Å². The van der Waals surface area contributed by atoms with Crippen molar-refractivity contribution in [2.75, 3.05) is 7.11 Å². The molecule has 0 spiro atoms. The second kappa shape index (κ2) is 5.04. The van der Waals surface area contributed by atoms with Gasteiger partial charge in [-0.15, -0.1) is 0 Å². The summed E-state index contributed by atoms with van der Waals surface area (Å²) in [6.07, 6.45) is -1.23. The Morgan fingerprint density at radius 1 is 1.67 bits per heavy atom. The van der Waals surface area contributed by atoms with Crippen LogP contribution in [-0.2, 0) is 6.54 Å². The predicted molar refractivity (Wildman–Crippen MR) is 50.5 cm³/mol. The molecule has 15 heavy (non-hydrogen) atoms. The van der Waals surface area contributed by atoms with E-state index in [4.69, 9.17) is 10.6 Å². The number of hydrogen-bond acceptors (Lipinski definition) is 4. The molecule has 7 heteroatoms. The van der Waals surface area contributed by atoms with Crippen LogP contribution in [0.25, 0.3) is 0 Å². The Morgan fingerprint density at radius 2 is 2.33 bits per heavy atom. The summed E-state index contributed by atoms with van der Waals surface area (Å²) in [4.78, 5) is 0. The molecule has 1 heterocycles. The Morgan fingerprint density at radius 3 is 2.73 bits per heavy atom. The summed E-state index contributed by atoms with van der Waals surface area (Å²) in [7, 11) is 1.40. The summed E-state index contributed by atoms with van der Waals surface area (Å²) in [6, 6.07) is -1.28. The predicted octanol–water partition coefficient (Wildman–Crippen LogP) is 0.681. The van der Waals surface area contributed by atoms with Crippen molar-refractivity contribution in [1.29, 1.82) is 0 Å². The first-order valence-electron chi connectivity index (χ1n) is 4.49. The monoisotopic (exact) mass is 220 g/mol. The van der Waals surface area contributed by atoms with Gasteiger partial charge in [0.05, 0.1) is 13.3 Å². The van der Waals surface area contributed by atoms with Gasteiger partial charge in [0.25, 0.3) is 6.43 Å². The van der Waals surface area contributed by atoms with E-state index < -0.39 is 12.5 Å². The van der Waals surface area contributed by atoms with Crippen LogP contribution in [0.3, 0.4) is 0 Å². The van der Waals surface area contributed by atoms with Gasteiger partial charge in [-0.2, -0.15) is 5.10 Å². The summed E-state index contributed by atoms with van der Waals surface area (Å²) in [6.45, 7) is 2.28. The molecule has 0 aliphatic heterocycles. The number of hydrogen-bond donors (Lipinski definition) is 2. The number of rotatable bonds is 5. The van der Waals surface area contributed by atoms with Crippen LogP contribution in [0.15, 0.2) is 6.20 Å². The number of nitrogens with two attached hydrogens (primary N) is 1. The fourth-order valence-corrected chi connectivity index (χ4v) is 1.37. The summed E-state index contributed by atoms with van der Waals surface area (Å²) in [5.74, 6) is 5.39. The van der Waals surface area contributed by atoms with Gasteiger partial charge in [0, 0.05) is 6.54 Å². The lowest BCUT2D eigenvalue weighted by molar-refractivity contribution is 0.0930. The third kappa shape index (κ3) is 2.24. The first kappa shape index (κ1) is 11.9. The van der Waals surface area contributed by atoms with Crippen molar-refractivity contribution in [3.63, 3.8) is 0 Å². The molecule has 0 aliphatic rings. The smallest absolute Gasteiger partial charge is 0.260 e. The maximum atomic E-state index is 12.7. The van der Waals surface area contributed by atoms with Gasteiger partial charge in [-0.05, 0) is 6.92 Å². The Balaban J connectivity index is 3.12. The van der Waals surface area contributed by atoms with Crippen molar-refractivity contribution in [2.24, 2.45) is 5.84 Å². The third-order valence-electron chi connectivity index (χ3n) is 2.09. The van der Waals surface area contributed by atoms with E-state index in [-0.39, 0.29) is 5.69 Å². The average Bonchev–Trinajstić information content (AvgIpc) is 2.61. The maximum absolute atomic E-state index is 12.7. The fourth-order valence-electron chi connectivity index (χ4n) is 1.37. The van der Waals surface area contributed by atoms with Crippen molar-refractivity contribution >= 4 is 0 Å². The number of nitrogens with one attached hydrogen (secondary N) is 1. The number of aromatic nitrogens is 2. The van der Waals surface area contributed by atoms with E-state index in [9.17, 15) is 8.78 Å². The van der Waals surface area contributed by atoms with Crippen LogP contribution in [0.2, 0.25) is 0 Å². The van der Waals surface area contributed by atoms with Crippen LogP contribution < -0.4 is 16.0 Å². The largest absolute Gasteiger partial charge is 0.493 e. The second-order valence-electron chi connectivity index (χ2n) is 2.89. The van der Waals surface area contributed by atoms with Gasteiger partial charge in [0.1, 0.15) is 11.7 Å². The molecule has 1 atom stereocenters. The lowest BCUT2D eigenvalue weighted by atomic mass is 10.2. The quantitative estimate of drug-likeness (QED) is 0.565. The van der Waals surface area contributed by atoms with Crippen molar-refractivity contribution in [3.05, 3.63) is 11.9 Å². The molecule has 0 bridgehead atoms. The highest BCUT2D eigenvalue weighted by atomic mass is 19.3. The fraction of sp³-hybridized carbons (Fsp3) is 0.625. The first-order valence-corrected chi connectivity index (χ1v) is 4.49. The van der Waals surface area contributed by atoms with E-state index >= 15 is 0 Å². The summed E-state index contributed by atoms with van der Waals surface area (Å²) in [5, 5.41) is 3.92. The number of ether oxygens (including phenoxy) is 1. The van der Waals surface area contributed by atoms with Crippen LogP contribution in [-0.4, -0.2) is 23.3 Å². The minimum Gasteiger partial charge on any atom is -0.493 e. The van der Waals surface area contributed by atoms with Crippen molar-refractivity contribution in [1.82, 2.24) is 15.2 Å². The van der Waals surface area contributed by atoms with Gasteiger partial charge in [-0.1, -0.05) is 0 Å². The molecule has 86 valence electrons. The van der Waals surface area contributed by atoms with Gasteiger partial charge in [0.2, 0.25) is 0 Å². The molecule has 1 aromatic rings. The molecule has 3 N–H and O–H groups in total. The first-order chi connectivity index (χ1) is 7.15. The van der Waals surface area contributed by atoms with Crippen LogP contribution in [0, 0.1) is 0 Å². The van der Waals surface area contributed by atoms with Gasteiger partial charge in [0.15, 0.2) is 5.75 Å². The number of aryl methyl sites for hydroxylation is 1. The van der Waals surface area contributed by atoms with Gasteiger partial charge < -0.3 is 4.74 Å². The molecule has 0 saturated carbocycles. The Labute approximate surface area is 86.2 Å². The van der Waals surface area contributed by atoms with Crippen LogP contribution in [0.5, 0.6) is 5.75 Å². The summed E-state index contributed by atoms with van der Waals surface area (Å²) >= 11 is 0. The van der Waals surface area contributed by atoms with E-state index in [2.05, 4.69) is 10.5 Å². The standard InChI is InChI=1S/C8H14F2N4O/c1-3-14-7(5(15-2)4-12-14)6(13-11)8(9)10/h4,6,8,13H,3,11H2,1-2H3. The highest BCUT2D eigenvalue weighted by Crippen LogP contribution is 2.28. The van der Waals surface area contributed by atoms with Crippen molar-refractivity contribution in [2.45, 2.75) is 25.9 Å². The number of methoxy groups -OCH3 is 1. The minimum absolute atomic E-state index is 0.262. The summed E-state index contributed by atoms with van der Waals surface area (Å²) in [5.41, 5.74) is 2.32. The number of nitrogens with zero attached hydrogens (tertiary/aromatic N) is 2. The molecular formula is C8H14F2N4O. The van der Waals surface area contributed by atoms with E-state index in [0.717, 1.165) is 0 Å². The molecule has 5 nitrogen and oxygen atoms in total. The zero-order chi connectivity index (χ0) is 11.4. The van der Waals surface area contributed by atoms with Crippen molar-refractivity contribution < 1.29 is 13.5 Å². The van der Waals surface area contributed by atoms with E-state index in [1.165, 1.54) is 18.0 Å². The second-order valence-corrected chi connectivity index (χ2v) is 2.89. The molecule has 0 aromatic carbocycles. The van der Waals surface area contributed by atoms with Gasteiger partial charge >= 0.3 is 0 Å². The highest BCUT2D eigenvalue weighted by molar-refractivity contribution is 5.28. The molecule has 0 saturated heterocycles. The normalized spacial score (nSPS) is 13.2. The molecule has 0 radical (unpaired) electrons. The lowest BCUT2D eigenvalue weighted by Crippen LogP contribution is -2.34. The Bertz CT molecular complexity index is 294. The van der Waals surface area contributed by atoms with Crippen LogP contribution in [0.4, 0.5) is 8.78 Å². The van der Waals surface area contributed by atoms with E-state index in [1.807, 2.05) is 0 Å². The number of alkyl halides is 2. The Kier molecular flexibility index (Phi) is 3.98. The molecule has 1 aromatic heterocycles. The molecule has 1 unspecified atom stereocenters.